The van der Waals surface area contributed by atoms with Crippen molar-refractivity contribution in [1.82, 2.24) is 5.32 Å². The van der Waals surface area contributed by atoms with Crippen molar-refractivity contribution in [2.45, 2.75) is 71.6 Å². The van der Waals surface area contributed by atoms with Gasteiger partial charge in [0.05, 0.1) is 6.10 Å². The summed E-state index contributed by atoms with van der Waals surface area (Å²) in [6.07, 6.45) is 5.53. The van der Waals surface area contributed by atoms with Crippen LogP contribution in [0.4, 0.5) is 0 Å². The third-order valence-electron chi connectivity index (χ3n) is 3.49. The van der Waals surface area contributed by atoms with Gasteiger partial charge in [-0.05, 0) is 45.4 Å². The van der Waals surface area contributed by atoms with Crippen molar-refractivity contribution in [2.75, 3.05) is 6.61 Å². The summed E-state index contributed by atoms with van der Waals surface area (Å²) in [5.41, 5.74) is 0. The zero-order valence-electron chi connectivity index (χ0n) is 10.8. The molecule has 1 aliphatic heterocycles. The molecule has 0 bridgehead atoms. The zero-order valence-corrected chi connectivity index (χ0v) is 10.8. The second kappa shape index (κ2) is 6.49. The molecule has 1 rings (SSSR count). The molecule has 0 aromatic heterocycles. The van der Waals surface area contributed by atoms with Crippen molar-refractivity contribution in [2.24, 2.45) is 5.92 Å². The summed E-state index contributed by atoms with van der Waals surface area (Å²) in [4.78, 5) is 0. The Morgan fingerprint density at radius 3 is 2.53 bits per heavy atom. The minimum absolute atomic E-state index is 0.545. The topological polar surface area (TPSA) is 21.3 Å². The van der Waals surface area contributed by atoms with E-state index in [4.69, 9.17) is 4.74 Å². The Labute approximate surface area is 94.8 Å². The molecule has 0 aromatic carbocycles. The lowest BCUT2D eigenvalue weighted by Gasteiger charge is -2.23. The normalized spacial score (nSPS) is 25.8. The van der Waals surface area contributed by atoms with Crippen LogP contribution < -0.4 is 5.32 Å². The molecule has 0 saturated carbocycles. The molecule has 0 amide bonds. The van der Waals surface area contributed by atoms with Crippen LogP contribution in [0.1, 0.15) is 53.4 Å². The fourth-order valence-corrected chi connectivity index (χ4v) is 2.03. The molecule has 0 spiro atoms. The number of hydrogen-bond acceptors (Lipinski definition) is 2. The average Bonchev–Trinajstić information content (AvgIpc) is 2.66. The van der Waals surface area contributed by atoms with E-state index in [2.05, 4.69) is 33.0 Å². The van der Waals surface area contributed by atoms with E-state index < -0.39 is 0 Å². The lowest BCUT2D eigenvalue weighted by atomic mass is 10.0. The highest BCUT2D eigenvalue weighted by atomic mass is 16.5. The smallest absolute Gasteiger partial charge is 0.0576 e. The Kier molecular flexibility index (Phi) is 5.62. The summed E-state index contributed by atoms with van der Waals surface area (Å²) >= 11 is 0. The summed E-state index contributed by atoms with van der Waals surface area (Å²) < 4.78 is 5.63. The zero-order chi connectivity index (χ0) is 11.3. The van der Waals surface area contributed by atoms with Gasteiger partial charge in [0.15, 0.2) is 0 Å². The van der Waals surface area contributed by atoms with Crippen LogP contribution in [0.5, 0.6) is 0 Å². The molecule has 2 heteroatoms. The fourth-order valence-electron chi connectivity index (χ4n) is 2.03. The standard InChI is InChI=1S/C13H27NO/c1-10(2)12(4)14-11(3)7-8-13-6-5-9-15-13/h10-14H,5-9H2,1-4H3. The lowest BCUT2D eigenvalue weighted by molar-refractivity contribution is 0.0995. The number of rotatable bonds is 6. The van der Waals surface area contributed by atoms with E-state index in [9.17, 15) is 0 Å². The summed E-state index contributed by atoms with van der Waals surface area (Å²) in [7, 11) is 0. The monoisotopic (exact) mass is 213 g/mol. The Morgan fingerprint density at radius 1 is 1.27 bits per heavy atom. The highest BCUT2D eigenvalue weighted by Gasteiger charge is 2.17. The van der Waals surface area contributed by atoms with E-state index >= 15 is 0 Å². The van der Waals surface area contributed by atoms with Gasteiger partial charge in [0, 0.05) is 18.7 Å². The maximum atomic E-state index is 5.63. The van der Waals surface area contributed by atoms with Crippen LogP contribution in [0.3, 0.4) is 0 Å². The Hall–Kier alpha value is -0.0800. The number of ether oxygens (including phenoxy) is 1. The third-order valence-corrected chi connectivity index (χ3v) is 3.49. The van der Waals surface area contributed by atoms with Crippen molar-refractivity contribution in [1.29, 1.82) is 0 Å². The van der Waals surface area contributed by atoms with Crippen molar-refractivity contribution in [3.8, 4) is 0 Å². The van der Waals surface area contributed by atoms with E-state index in [1.54, 1.807) is 0 Å². The van der Waals surface area contributed by atoms with E-state index in [1.165, 1.54) is 25.7 Å². The first kappa shape index (κ1) is 13.0. The van der Waals surface area contributed by atoms with Gasteiger partial charge in [0.1, 0.15) is 0 Å². The fraction of sp³-hybridized carbons (Fsp3) is 1.00. The van der Waals surface area contributed by atoms with E-state index in [0.717, 1.165) is 12.5 Å². The quantitative estimate of drug-likeness (QED) is 0.732. The van der Waals surface area contributed by atoms with Gasteiger partial charge in [0.25, 0.3) is 0 Å². The highest BCUT2D eigenvalue weighted by Crippen LogP contribution is 2.17. The van der Waals surface area contributed by atoms with Crippen LogP contribution in [-0.2, 0) is 4.74 Å². The van der Waals surface area contributed by atoms with E-state index in [0.29, 0.717) is 18.2 Å². The molecule has 90 valence electrons. The molecule has 2 nitrogen and oxygen atoms in total. The Balaban J connectivity index is 2.09. The van der Waals surface area contributed by atoms with Gasteiger partial charge in [-0.1, -0.05) is 13.8 Å². The molecule has 1 N–H and O–H groups in total. The summed E-state index contributed by atoms with van der Waals surface area (Å²) in [6, 6.07) is 1.23. The Morgan fingerprint density at radius 2 is 2.00 bits per heavy atom. The largest absolute Gasteiger partial charge is 0.378 e. The maximum absolute atomic E-state index is 5.63. The van der Waals surface area contributed by atoms with Crippen LogP contribution >= 0.6 is 0 Å². The van der Waals surface area contributed by atoms with E-state index in [1.807, 2.05) is 0 Å². The predicted molar refractivity (Wildman–Crippen MR) is 65.1 cm³/mol. The van der Waals surface area contributed by atoms with Gasteiger partial charge in [-0.25, -0.2) is 0 Å². The molecular formula is C13H27NO. The molecule has 0 aliphatic carbocycles. The van der Waals surface area contributed by atoms with Crippen LogP contribution in [0.2, 0.25) is 0 Å². The summed E-state index contributed by atoms with van der Waals surface area (Å²) in [5, 5.41) is 3.65. The first-order valence-corrected chi connectivity index (χ1v) is 6.47. The molecular weight excluding hydrogens is 186 g/mol. The van der Waals surface area contributed by atoms with E-state index in [-0.39, 0.29) is 0 Å². The predicted octanol–water partition coefficient (Wildman–Crippen LogP) is 2.97. The first-order chi connectivity index (χ1) is 7.09. The molecule has 15 heavy (non-hydrogen) atoms. The Bertz CT molecular complexity index is 164. The van der Waals surface area contributed by atoms with Crippen LogP contribution in [0.25, 0.3) is 0 Å². The van der Waals surface area contributed by atoms with Gasteiger partial charge < -0.3 is 10.1 Å². The van der Waals surface area contributed by atoms with Crippen LogP contribution in [-0.4, -0.2) is 24.8 Å². The molecule has 0 radical (unpaired) electrons. The maximum Gasteiger partial charge on any atom is 0.0576 e. The highest BCUT2D eigenvalue weighted by molar-refractivity contribution is 4.73. The van der Waals surface area contributed by atoms with Gasteiger partial charge in [-0.2, -0.15) is 0 Å². The van der Waals surface area contributed by atoms with Gasteiger partial charge >= 0.3 is 0 Å². The minimum atomic E-state index is 0.545. The number of hydrogen-bond donors (Lipinski definition) is 1. The van der Waals surface area contributed by atoms with Crippen molar-refractivity contribution in [3.05, 3.63) is 0 Å². The van der Waals surface area contributed by atoms with Crippen molar-refractivity contribution >= 4 is 0 Å². The SMILES string of the molecule is CC(CCC1CCCO1)NC(C)C(C)C. The second-order valence-electron chi connectivity index (χ2n) is 5.31. The first-order valence-electron chi connectivity index (χ1n) is 6.47. The van der Waals surface area contributed by atoms with Gasteiger partial charge in [-0.15, -0.1) is 0 Å². The van der Waals surface area contributed by atoms with Gasteiger partial charge in [0.2, 0.25) is 0 Å². The summed E-state index contributed by atoms with van der Waals surface area (Å²) in [6.45, 7) is 10.1. The van der Waals surface area contributed by atoms with Crippen LogP contribution in [0, 0.1) is 5.92 Å². The molecule has 3 atom stereocenters. The molecule has 1 heterocycles. The summed E-state index contributed by atoms with van der Waals surface area (Å²) in [5.74, 6) is 0.718. The van der Waals surface area contributed by atoms with Gasteiger partial charge in [-0.3, -0.25) is 0 Å². The molecule has 1 aliphatic rings. The minimum Gasteiger partial charge on any atom is -0.378 e. The average molecular weight is 213 g/mol. The lowest BCUT2D eigenvalue weighted by Crippen LogP contribution is -2.38. The molecule has 0 aromatic rings. The number of nitrogens with one attached hydrogen (secondary N) is 1. The van der Waals surface area contributed by atoms with Crippen LogP contribution in [0.15, 0.2) is 0 Å². The third kappa shape index (κ3) is 4.98. The second-order valence-corrected chi connectivity index (χ2v) is 5.31. The van der Waals surface area contributed by atoms with Crippen molar-refractivity contribution in [3.63, 3.8) is 0 Å². The van der Waals surface area contributed by atoms with Crippen molar-refractivity contribution < 1.29 is 4.74 Å². The molecule has 1 saturated heterocycles. The molecule has 1 fully saturated rings. The molecule has 3 unspecified atom stereocenters.